The molecule has 1 aromatic carbocycles. The molecule has 0 aliphatic carbocycles. The smallest absolute Gasteiger partial charge is 0.300 e. The summed E-state index contributed by atoms with van der Waals surface area (Å²) in [6.45, 7) is 6.04. The quantitative estimate of drug-likeness (QED) is 0.381. The molecule has 0 saturated heterocycles. The van der Waals surface area contributed by atoms with Gasteiger partial charge in [0, 0.05) is 19.7 Å². The number of aryl methyl sites for hydroxylation is 1. The van der Waals surface area contributed by atoms with Crippen molar-refractivity contribution in [3.8, 4) is 0 Å². The van der Waals surface area contributed by atoms with Gasteiger partial charge in [-0.3, -0.25) is 4.79 Å². The van der Waals surface area contributed by atoms with Crippen LogP contribution < -0.4 is 0 Å². The molecular formula is C17H23N3O3. The number of oxime groups is 1. The Morgan fingerprint density at radius 2 is 2.00 bits per heavy atom. The number of hydrogen-bond acceptors (Lipinski definition) is 4. The number of aliphatic carboxylic acids is 1. The number of carboxylic acid groups (broad SMARTS) is 1. The summed E-state index contributed by atoms with van der Waals surface area (Å²) in [5.74, 6) is 0.196. The molecule has 0 aliphatic rings. The number of fused-ring (bicyclic) bond motifs is 1. The summed E-state index contributed by atoms with van der Waals surface area (Å²) in [5.41, 5.74) is 3.50. The predicted molar refractivity (Wildman–Crippen MR) is 91.0 cm³/mol. The van der Waals surface area contributed by atoms with Crippen LogP contribution in [0.2, 0.25) is 0 Å². The highest BCUT2D eigenvalue weighted by Crippen LogP contribution is 2.16. The minimum absolute atomic E-state index is 0.766. The first-order chi connectivity index (χ1) is 11.0. The Labute approximate surface area is 135 Å². The largest absolute Gasteiger partial charge is 0.481 e. The van der Waals surface area contributed by atoms with Crippen LogP contribution in [0.15, 0.2) is 41.1 Å². The number of para-hydroxylation sites is 2. The van der Waals surface area contributed by atoms with Crippen LogP contribution in [0, 0.1) is 6.92 Å². The summed E-state index contributed by atoms with van der Waals surface area (Å²) >= 11 is 0. The second kappa shape index (κ2) is 9.40. The van der Waals surface area contributed by atoms with Crippen molar-refractivity contribution in [1.29, 1.82) is 0 Å². The topological polar surface area (TPSA) is 87.7 Å². The van der Waals surface area contributed by atoms with Crippen molar-refractivity contribution in [2.45, 2.75) is 40.2 Å². The molecule has 0 atom stereocenters. The van der Waals surface area contributed by atoms with Gasteiger partial charge in [0.05, 0.1) is 11.0 Å². The molecular weight excluding hydrogens is 294 g/mol. The Balaban J connectivity index is 0.000000593. The van der Waals surface area contributed by atoms with Crippen LogP contribution in [0.3, 0.4) is 0 Å². The summed E-state index contributed by atoms with van der Waals surface area (Å²) in [6.07, 6.45) is 5.40. The molecule has 0 fully saturated rings. The summed E-state index contributed by atoms with van der Waals surface area (Å²) in [5, 5.41) is 18.8. The molecule has 0 unspecified atom stereocenters. The van der Waals surface area contributed by atoms with Crippen LogP contribution in [0.4, 0.5) is 0 Å². The van der Waals surface area contributed by atoms with Crippen molar-refractivity contribution < 1.29 is 15.1 Å². The second-order valence-electron chi connectivity index (χ2n) is 5.16. The lowest BCUT2D eigenvalue weighted by atomic mass is 10.1. The maximum atomic E-state index is 9.00. The average molecular weight is 317 g/mol. The van der Waals surface area contributed by atoms with Gasteiger partial charge in [-0.25, -0.2) is 4.98 Å². The van der Waals surface area contributed by atoms with E-state index < -0.39 is 5.97 Å². The number of rotatable bonds is 5. The number of imidazole rings is 1. The van der Waals surface area contributed by atoms with Crippen molar-refractivity contribution in [1.82, 2.24) is 9.55 Å². The number of carbonyl (C=O) groups is 1. The third kappa shape index (κ3) is 6.34. The Morgan fingerprint density at radius 1 is 1.35 bits per heavy atom. The standard InChI is InChI=1S/C15H19N3O.C2H4O2/c1-12(6-5-10-16-19)9-11-18-13(2)17-14-7-3-4-8-15(14)18;1-2(3)4/h3-4,7-10,19H,5-6,11H2,1-2H3;1H3,(H,3,4)/b12-9+,16-10+;. The van der Waals surface area contributed by atoms with Gasteiger partial charge in [-0.2, -0.15) is 0 Å². The number of benzene rings is 1. The molecule has 124 valence electrons. The predicted octanol–water partition coefficient (Wildman–Crippen LogP) is 3.62. The van der Waals surface area contributed by atoms with E-state index in [1.807, 2.05) is 25.1 Å². The molecule has 0 radical (unpaired) electrons. The molecule has 6 heteroatoms. The number of carboxylic acids is 1. The van der Waals surface area contributed by atoms with Crippen molar-refractivity contribution >= 4 is 23.2 Å². The van der Waals surface area contributed by atoms with Gasteiger partial charge in [0.25, 0.3) is 5.97 Å². The number of nitrogens with zero attached hydrogens (tertiary/aromatic N) is 3. The van der Waals surface area contributed by atoms with Crippen LogP contribution in [0.1, 0.15) is 32.5 Å². The Hall–Kier alpha value is -2.63. The van der Waals surface area contributed by atoms with E-state index in [2.05, 4.69) is 33.8 Å². The number of aromatic nitrogens is 2. The van der Waals surface area contributed by atoms with Gasteiger partial charge in [-0.05, 0) is 38.8 Å². The van der Waals surface area contributed by atoms with Gasteiger partial charge in [0.2, 0.25) is 0 Å². The van der Waals surface area contributed by atoms with Crippen LogP contribution in [0.25, 0.3) is 11.0 Å². The van der Waals surface area contributed by atoms with Gasteiger partial charge in [-0.15, -0.1) is 5.16 Å². The monoisotopic (exact) mass is 317 g/mol. The van der Waals surface area contributed by atoms with E-state index in [1.54, 1.807) is 0 Å². The van der Waals surface area contributed by atoms with Gasteiger partial charge in [0.15, 0.2) is 0 Å². The van der Waals surface area contributed by atoms with Gasteiger partial charge >= 0.3 is 0 Å². The number of hydrogen-bond donors (Lipinski definition) is 2. The van der Waals surface area contributed by atoms with E-state index in [0.29, 0.717) is 0 Å². The fourth-order valence-corrected chi connectivity index (χ4v) is 2.13. The highest BCUT2D eigenvalue weighted by molar-refractivity contribution is 5.75. The minimum atomic E-state index is -0.833. The van der Waals surface area contributed by atoms with Crippen LogP contribution in [0.5, 0.6) is 0 Å². The van der Waals surface area contributed by atoms with E-state index in [-0.39, 0.29) is 0 Å². The SMILES string of the molecule is C/C(=C\Cn1c(C)nc2ccccc21)CC/C=N/O.CC(=O)O. The minimum Gasteiger partial charge on any atom is -0.481 e. The zero-order valence-corrected chi connectivity index (χ0v) is 13.7. The first-order valence-electron chi connectivity index (χ1n) is 7.38. The molecule has 0 bridgehead atoms. The summed E-state index contributed by atoms with van der Waals surface area (Å²) in [7, 11) is 0. The highest BCUT2D eigenvalue weighted by atomic mass is 16.4. The molecule has 6 nitrogen and oxygen atoms in total. The molecule has 23 heavy (non-hydrogen) atoms. The number of allylic oxidation sites excluding steroid dienone is 2. The molecule has 1 aromatic heterocycles. The van der Waals surface area contributed by atoms with E-state index in [9.17, 15) is 0 Å². The van der Waals surface area contributed by atoms with Crippen molar-refractivity contribution in [2.75, 3.05) is 0 Å². The summed E-state index contributed by atoms with van der Waals surface area (Å²) in [4.78, 5) is 13.5. The maximum Gasteiger partial charge on any atom is 0.300 e. The lowest BCUT2D eigenvalue weighted by molar-refractivity contribution is -0.134. The van der Waals surface area contributed by atoms with Gasteiger partial charge in [-0.1, -0.05) is 23.8 Å². The Morgan fingerprint density at radius 3 is 2.65 bits per heavy atom. The normalized spacial score (nSPS) is 11.5. The van der Waals surface area contributed by atoms with E-state index in [1.165, 1.54) is 17.3 Å². The zero-order chi connectivity index (χ0) is 17.2. The van der Waals surface area contributed by atoms with Crippen molar-refractivity contribution in [3.05, 3.63) is 41.7 Å². The third-order valence-electron chi connectivity index (χ3n) is 3.22. The van der Waals surface area contributed by atoms with Crippen molar-refractivity contribution in [3.63, 3.8) is 0 Å². The molecule has 0 spiro atoms. The zero-order valence-electron chi connectivity index (χ0n) is 13.7. The Kier molecular flexibility index (Phi) is 7.53. The lowest BCUT2D eigenvalue weighted by Crippen LogP contribution is -1.98. The summed E-state index contributed by atoms with van der Waals surface area (Å²) < 4.78 is 2.21. The first-order valence-corrected chi connectivity index (χ1v) is 7.38. The molecule has 2 aromatic rings. The van der Waals surface area contributed by atoms with E-state index in [4.69, 9.17) is 15.1 Å². The lowest BCUT2D eigenvalue weighted by Gasteiger charge is -2.04. The van der Waals surface area contributed by atoms with E-state index in [0.717, 1.165) is 37.7 Å². The Bertz CT molecular complexity index is 698. The van der Waals surface area contributed by atoms with E-state index >= 15 is 0 Å². The van der Waals surface area contributed by atoms with Crippen LogP contribution in [-0.4, -0.2) is 32.0 Å². The molecule has 2 N–H and O–H groups in total. The third-order valence-corrected chi connectivity index (χ3v) is 3.22. The second-order valence-corrected chi connectivity index (χ2v) is 5.16. The average Bonchev–Trinajstić information content (AvgIpc) is 2.80. The van der Waals surface area contributed by atoms with Gasteiger partial charge < -0.3 is 14.9 Å². The fourth-order valence-electron chi connectivity index (χ4n) is 2.13. The highest BCUT2D eigenvalue weighted by Gasteiger charge is 2.04. The molecule has 2 rings (SSSR count). The summed E-state index contributed by atoms with van der Waals surface area (Å²) in [6, 6.07) is 8.17. The maximum absolute atomic E-state index is 9.00. The fraction of sp³-hybridized carbons (Fsp3) is 0.353. The van der Waals surface area contributed by atoms with Crippen molar-refractivity contribution in [2.24, 2.45) is 5.16 Å². The first kappa shape index (κ1) is 18.4. The molecule has 0 amide bonds. The molecule has 0 saturated carbocycles. The van der Waals surface area contributed by atoms with Gasteiger partial charge in [0.1, 0.15) is 5.82 Å². The van der Waals surface area contributed by atoms with Crippen LogP contribution in [-0.2, 0) is 11.3 Å². The molecule has 1 heterocycles. The van der Waals surface area contributed by atoms with Crippen LogP contribution >= 0.6 is 0 Å². The molecule has 0 aliphatic heterocycles.